The third-order valence-corrected chi connectivity index (χ3v) is 3.09. The maximum atomic E-state index is 11.2. The third-order valence-electron chi connectivity index (χ3n) is 3.09. The number of aromatic nitrogens is 1. The van der Waals surface area contributed by atoms with Gasteiger partial charge in [-0.2, -0.15) is 0 Å². The summed E-state index contributed by atoms with van der Waals surface area (Å²) in [4.78, 5) is 19.6. The zero-order valence-corrected chi connectivity index (χ0v) is 10.2. The summed E-state index contributed by atoms with van der Waals surface area (Å²) < 4.78 is 0. The molecule has 0 radical (unpaired) electrons. The molecule has 2 heterocycles. The van der Waals surface area contributed by atoms with Gasteiger partial charge in [-0.15, -0.1) is 0 Å². The second-order valence-electron chi connectivity index (χ2n) is 4.44. The van der Waals surface area contributed by atoms with Gasteiger partial charge in [0.05, 0.1) is 5.69 Å². The van der Waals surface area contributed by atoms with Crippen molar-refractivity contribution in [3.05, 3.63) is 23.5 Å². The summed E-state index contributed by atoms with van der Waals surface area (Å²) in [5, 5.41) is 9.16. The van der Waals surface area contributed by atoms with Crippen molar-refractivity contribution >= 4 is 11.7 Å². The van der Waals surface area contributed by atoms with Crippen molar-refractivity contribution in [2.45, 2.75) is 6.92 Å². The second-order valence-corrected chi connectivity index (χ2v) is 4.44. The first kappa shape index (κ1) is 11.9. The molecule has 0 spiro atoms. The highest BCUT2D eigenvalue weighted by Gasteiger charge is 2.20. The van der Waals surface area contributed by atoms with Crippen molar-refractivity contribution in [1.82, 2.24) is 9.88 Å². The van der Waals surface area contributed by atoms with Gasteiger partial charge >= 0.3 is 5.97 Å². The lowest BCUT2D eigenvalue weighted by molar-refractivity contribution is 0.0697. The lowest BCUT2D eigenvalue weighted by Crippen LogP contribution is -2.45. The fourth-order valence-corrected chi connectivity index (χ4v) is 2.02. The largest absolute Gasteiger partial charge is 0.478 e. The molecule has 1 saturated heterocycles. The van der Waals surface area contributed by atoms with Crippen molar-refractivity contribution in [3.63, 3.8) is 0 Å². The molecule has 1 aromatic rings. The molecule has 0 unspecified atom stereocenters. The number of carboxylic acids is 1. The first-order valence-corrected chi connectivity index (χ1v) is 5.71. The van der Waals surface area contributed by atoms with Gasteiger partial charge in [0.25, 0.3) is 0 Å². The van der Waals surface area contributed by atoms with Crippen LogP contribution in [0.4, 0.5) is 5.69 Å². The molecule has 0 aliphatic carbocycles. The summed E-state index contributed by atoms with van der Waals surface area (Å²) in [5.41, 5.74) is 1.93. The highest BCUT2D eigenvalue weighted by molar-refractivity contribution is 5.94. The van der Waals surface area contributed by atoms with E-state index in [4.69, 9.17) is 5.11 Å². The summed E-state index contributed by atoms with van der Waals surface area (Å²) in [6, 6.07) is 1.86. The van der Waals surface area contributed by atoms with Crippen LogP contribution >= 0.6 is 0 Å². The summed E-state index contributed by atoms with van der Waals surface area (Å²) in [7, 11) is 2.08. The summed E-state index contributed by atoms with van der Waals surface area (Å²) >= 11 is 0. The number of hydrogen-bond donors (Lipinski definition) is 1. The lowest BCUT2D eigenvalue weighted by atomic mass is 10.1. The maximum Gasteiger partial charge on any atom is 0.339 e. The first-order chi connectivity index (χ1) is 8.08. The lowest BCUT2D eigenvalue weighted by Gasteiger charge is -2.34. The Morgan fingerprint density at radius 3 is 2.59 bits per heavy atom. The van der Waals surface area contributed by atoms with Crippen LogP contribution in [0.2, 0.25) is 0 Å². The van der Waals surface area contributed by atoms with E-state index in [0.29, 0.717) is 5.56 Å². The van der Waals surface area contributed by atoms with Crippen LogP contribution in [-0.2, 0) is 0 Å². The molecule has 1 fully saturated rings. The number of nitrogens with zero attached hydrogens (tertiary/aromatic N) is 3. The van der Waals surface area contributed by atoms with E-state index in [-0.39, 0.29) is 0 Å². The molecule has 5 nitrogen and oxygen atoms in total. The van der Waals surface area contributed by atoms with Gasteiger partial charge < -0.3 is 14.9 Å². The zero-order chi connectivity index (χ0) is 12.4. The van der Waals surface area contributed by atoms with Crippen LogP contribution in [0.1, 0.15) is 16.1 Å². The minimum atomic E-state index is -0.911. The molecule has 5 heteroatoms. The molecule has 92 valence electrons. The van der Waals surface area contributed by atoms with Gasteiger partial charge in [-0.1, -0.05) is 0 Å². The van der Waals surface area contributed by atoms with E-state index in [1.54, 1.807) is 0 Å². The van der Waals surface area contributed by atoms with E-state index in [0.717, 1.165) is 37.6 Å². The Morgan fingerprint density at radius 1 is 1.35 bits per heavy atom. The number of pyridine rings is 1. The molecule has 0 bridgehead atoms. The Kier molecular flexibility index (Phi) is 3.28. The monoisotopic (exact) mass is 235 g/mol. The number of carboxylic acid groups (broad SMARTS) is 1. The average molecular weight is 235 g/mol. The Hall–Kier alpha value is -1.62. The van der Waals surface area contributed by atoms with Gasteiger partial charge in [0, 0.05) is 38.1 Å². The standard InChI is InChI=1S/C12H17N3O2/c1-9-7-11(10(8-13-9)12(16)17)15-5-3-14(2)4-6-15/h7-8H,3-6H2,1-2H3,(H,16,17). The number of hydrogen-bond acceptors (Lipinski definition) is 4. The normalized spacial score (nSPS) is 17.2. The van der Waals surface area contributed by atoms with Gasteiger partial charge in [-0.3, -0.25) is 4.98 Å². The molecule has 0 atom stereocenters. The molecular formula is C12H17N3O2. The summed E-state index contributed by atoms with van der Waals surface area (Å²) in [6.07, 6.45) is 1.45. The van der Waals surface area contributed by atoms with E-state index in [1.807, 2.05) is 13.0 Å². The third kappa shape index (κ3) is 2.55. The van der Waals surface area contributed by atoms with E-state index in [2.05, 4.69) is 21.8 Å². The number of piperazine rings is 1. The van der Waals surface area contributed by atoms with Crippen LogP contribution in [0, 0.1) is 6.92 Å². The van der Waals surface area contributed by atoms with Crippen LogP contribution < -0.4 is 4.90 Å². The maximum absolute atomic E-state index is 11.2. The predicted molar refractivity (Wildman–Crippen MR) is 65.6 cm³/mol. The topological polar surface area (TPSA) is 56.7 Å². The van der Waals surface area contributed by atoms with Crippen LogP contribution in [0.3, 0.4) is 0 Å². The predicted octanol–water partition coefficient (Wildman–Crippen LogP) is 0.840. The Bertz CT molecular complexity index is 426. The molecule has 0 aromatic carbocycles. The summed E-state index contributed by atoms with van der Waals surface area (Å²) in [6.45, 7) is 5.52. The number of aryl methyl sites for hydroxylation is 1. The van der Waals surface area contributed by atoms with Crippen molar-refractivity contribution in [2.75, 3.05) is 38.1 Å². The molecule has 1 aliphatic heterocycles. The van der Waals surface area contributed by atoms with Crippen molar-refractivity contribution < 1.29 is 9.90 Å². The molecule has 0 saturated carbocycles. The molecule has 17 heavy (non-hydrogen) atoms. The van der Waals surface area contributed by atoms with Gasteiger partial charge in [0.2, 0.25) is 0 Å². The average Bonchev–Trinajstić information content (AvgIpc) is 2.29. The van der Waals surface area contributed by atoms with Crippen LogP contribution in [0.25, 0.3) is 0 Å². The fraction of sp³-hybridized carbons (Fsp3) is 0.500. The molecular weight excluding hydrogens is 218 g/mol. The van der Waals surface area contributed by atoms with Gasteiger partial charge in [-0.25, -0.2) is 4.79 Å². The molecule has 1 N–H and O–H groups in total. The summed E-state index contributed by atoms with van der Waals surface area (Å²) in [5.74, 6) is -0.911. The minimum absolute atomic E-state index is 0.292. The zero-order valence-electron chi connectivity index (χ0n) is 10.2. The highest BCUT2D eigenvalue weighted by Crippen LogP contribution is 2.22. The smallest absolute Gasteiger partial charge is 0.339 e. The fourth-order valence-electron chi connectivity index (χ4n) is 2.02. The van der Waals surface area contributed by atoms with E-state index in [1.165, 1.54) is 6.20 Å². The van der Waals surface area contributed by atoms with Crippen molar-refractivity contribution in [3.8, 4) is 0 Å². The van der Waals surface area contributed by atoms with Crippen LogP contribution in [0.5, 0.6) is 0 Å². The molecule has 2 rings (SSSR count). The van der Waals surface area contributed by atoms with E-state index in [9.17, 15) is 4.79 Å². The van der Waals surface area contributed by atoms with E-state index < -0.39 is 5.97 Å². The Morgan fingerprint density at radius 2 is 2.00 bits per heavy atom. The minimum Gasteiger partial charge on any atom is -0.478 e. The number of likely N-dealkylation sites (N-methyl/N-ethyl adjacent to an activating group) is 1. The molecule has 1 aromatic heterocycles. The number of aromatic carboxylic acids is 1. The first-order valence-electron chi connectivity index (χ1n) is 5.71. The number of rotatable bonds is 2. The Balaban J connectivity index is 2.30. The van der Waals surface area contributed by atoms with Crippen molar-refractivity contribution in [1.29, 1.82) is 0 Å². The molecule has 1 aliphatic rings. The SMILES string of the molecule is Cc1cc(N2CCN(C)CC2)c(C(=O)O)cn1. The quantitative estimate of drug-likeness (QED) is 0.823. The number of carbonyl (C=O) groups is 1. The number of anilines is 1. The second kappa shape index (κ2) is 4.71. The van der Waals surface area contributed by atoms with Crippen LogP contribution in [-0.4, -0.2) is 54.2 Å². The Labute approximate surface area is 101 Å². The highest BCUT2D eigenvalue weighted by atomic mass is 16.4. The van der Waals surface area contributed by atoms with Crippen molar-refractivity contribution in [2.24, 2.45) is 0 Å². The van der Waals surface area contributed by atoms with Gasteiger partial charge in [0.15, 0.2) is 0 Å². The van der Waals surface area contributed by atoms with Gasteiger partial charge in [-0.05, 0) is 20.0 Å². The van der Waals surface area contributed by atoms with Gasteiger partial charge in [0.1, 0.15) is 5.56 Å². The van der Waals surface area contributed by atoms with E-state index >= 15 is 0 Å². The van der Waals surface area contributed by atoms with Crippen LogP contribution in [0.15, 0.2) is 12.3 Å². The molecule has 0 amide bonds.